The molecule has 4 rings (SSSR count). The number of hydrogen-bond acceptors (Lipinski definition) is 4. The zero-order valence-corrected chi connectivity index (χ0v) is 14.7. The quantitative estimate of drug-likeness (QED) is 0.735. The minimum Gasteiger partial charge on any atom is -0.423 e. The van der Waals surface area contributed by atoms with Gasteiger partial charge < -0.3 is 14.6 Å². The lowest BCUT2D eigenvalue weighted by atomic mass is 9.96. The second kappa shape index (κ2) is 6.96. The van der Waals surface area contributed by atoms with Crippen LogP contribution in [0, 0.1) is 11.7 Å². The van der Waals surface area contributed by atoms with Gasteiger partial charge in [-0.05, 0) is 43.2 Å². The van der Waals surface area contributed by atoms with Gasteiger partial charge in [-0.3, -0.25) is 4.79 Å². The lowest BCUT2D eigenvalue weighted by Crippen LogP contribution is -2.38. The molecule has 26 heavy (non-hydrogen) atoms. The molecule has 1 N–H and O–H groups in total. The Morgan fingerprint density at radius 3 is 2.73 bits per heavy atom. The number of aromatic nitrogens is 1. The van der Waals surface area contributed by atoms with Gasteiger partial charge in [-0.25, -0.2) is 4.39 Å². The number of hydrogen-bond donors (Lipinski definition) is 1. The highest BCUT2D eigenvalue weighted by Gasteiger charge is 2.27. The Kier molecular flexibility index (Phi) is 4.51. The zero-order valence-electron chi connectivity index (χ0n) is 13.9. The summed E-state index contributed by atoms with van der Waals surface area (Å²) in [6.07, 6.45) is 1.39. The first-order valence-corrected chi connectivity index (χ1v) is 8.84. The summed E-state index contributed by atoms with van der Waals surface area (Å²) in [7, 11) is 0. The summed E-state index contributed by atoms with van der Waals surface area (Å²) in [4.78, 5) is 19.0. The van der Waals surface area contributed by atoms with Crippen molar-refractivity contribution >= 4 is 40.3 Å². The second-order valence-electron chi connectivity index (χ2n) is 6.34. The summed E-state index contributed by atoms with van der Waals surface area (Å²) in [5.41, 5.74) is 2.09. The molecular weight excluding hydrogens is 357 g/mol. The predicted octanol–water partition coefficient (Wildman–Crippen LogP) is 4.48. The number of piperidine rings is 1. The number of fused-ring (bicyclic) bond motifs is 1. The molecule has 0 atom stereocenters. The molecule has 0 radical (unpaired) electrons. The topological polar surface area (TPSA) is 58.4 Å². The third-order valence-corrected chi connectivity index (χ3v) is 4.90. The Morgan fingerprint density at radius 1 is 1.23 bits per heavy atom. The van der Waals surface area contributed by atoms with Crippen LogP contribution in [0.1, 0.15) is 12.8 Å². The molecule has 1 saturated heterocycles. The average Bonchev–Trinajstić information content (AvgIpc) is 3.09. The van der Waals surface area contributed by atoms with Crippen molar-refractivity contribution in [2.24, 2.45) is 5.92 Å². The van der Waals surface area contributed by atoms with Gasteiger partial charge in [0.15, 0.2) is 5.58 Å². The van der Waals surface area contributed by atoms with Crippen molar-refractivity contribution in [2.45, 2.75) is 12.8 Å². The van der Waals surface area contributed by atoms with Crippen molar-refractivity contribution in [3.05, 3.63) is 53.3 Å². The van der Waals surface area contributed by atoms with Gasteiger partial charge in [-0.2, -0.15) is 4.98 Å². The van der Waals surface area contributed by atoms with Crippen LogP contribution in [0.25, 0.3) is 11.1 Å². The van der Waals surface area contributed by atoms with Crippen LogP contribution >= 0.6 is 11.6 Å². The minimum absolute atomic E-state index is 0.00595. The Labute approximate surface area is 154 Å². The summed E-state index contributed by atoms with van der Waals surface area (Å²) in [5, 5.41) is 2.80. The lowest BCUT2D eigenvalue weighted by molar-refractivity contribution is -0.120. The largest absolute Gasteiger partial charge is 0.423 e. The van der Waals surface area contributed by atoms with Gasteiger partial charge >= 0.3 is 0 Å². The maximum Gasteiger partial charge on any atom is 0.298 e. The predicted molar refractivity (Wildman–Crippen MR) is 99.0 cm³/mol. The molecule has 3 aromatic rings. The highest BCUT2D eigenvalue weighted by molar-refractivity contribution is 6.31. The number of benzene rings is 2. The van der Waals surface area contributed by atoms with Gasteiger partial charge in [0.1, 0.15) is 11.3 Å². The molecule has 1 amide bonds. The van der Waals surface area contributed by atoms with Crippen molar-refractivity contribution in [1.82, 2.24) is 4.98 Å². The molecule has 2 heterocycles. The SMILES string of the molecule is O=C(Nc1ccc(F)c(Cl)c1)C1CCN(c2nc3ccccc3o2)CC1. The van der Waals surface area contributed by atoms with E-state index in [-0.39, 0.29) is 16.8 Å². The number of para-hydroxylation sites is 2. The van der Waals surface area contributed by atoms with Gasteiger partial charge in [0, 0.05) is 24.7 Å². The van der Waals surface area contributed by atoms with E-state index in [1.807, 2.05) is 24.3 Å². The van der Waals surface area contributed by atoms with E-state index in [1.54, 1.807) is 0 Å². The van der Waals surface area contributed by atoms with E-state index >= 15 is 0 Å². The number of oxazole rings is 1. The van der Waals surface area contributed by atoms with Gasteiger partial charge in [0.25, 0.3) is 6.01 Å². The first-order chi connectivity index (χ1) is 12.6. The average molecular weight is 374 g/mol. The Hall–Kier alpha value is -2.60. The Bertz CT molecular complexity index is 918. The molecule has 5 nitrogen and oxygen atoms in total. The summed E-state index contributed by atoms with van der Waals surface area (Å²) in [5.74, 6) is -0.694. The van der Waals surface area contributed by atoms with Gasteiger partial charge in [0.2, 0.25) is 5.91 Å². The number of carbonyl (C=O) groups is 1. The monoisotopic (exact) mass is 373 g/mol. The van der Waals surface area contributed by atoms with E-state index in [4.69, 9.17) is 16.0 Å². The minimum atomic E-state index is -0.503. The smallest absolute Gasteiger partial charge is 0.298 e. The molecule has 1 fully saturated rings. The number of nitrogens with zero attached hydrogens (tertiary/aromatic N) is 2. The molecule has 0 bridgehead atoms. The highest BCUT2D eigenvalue weighted by Crippen LogP contribution is 2.27. The summed E-state index contributed by atoms with van der Waals surface area (Å²) >= 11 is 5.75. The maximum atomic E-state index is 13.2. The number of rotatable bonds is 3. The van der Waals surface area contributed by atoms with E-state index in [0.717, 1.165) is 11.1 Å². The molecule has 1 aliphatic rings. The van der Waals surface area contributed by atoms with Crippen LogP contribution in [-0.2, 0) is 4.79 Å². The van der Waals surface area contributed by atoms with Crippen molar-refractivity contribution in [1.29, 1.82) is 0 Å². The summed E-state index contributed by atoms with van der Waals surface area (Å²) < 4.78 is 19.0. The molecule has 0 spiro atoms. The first kappa shape index (κ1) is 16.8. The number of halogens is 2. The van der Waals surface area contributed by atoms with Gasteiger partial charge in [-0.1, -0.05) is 23.7 Å². The fraction of sp³-hybridized carbons (Fsp3) is 0.263. The maximum absolute atomic E-state index is 13.2. The van der Waals surface area contributed by atoms with Crippen LogP contribution < -0.4 is 10.2 Å². The van der Waals surface area contributed by atoms with Crippen molar-refractivity contribution in [3.8, 4) is 0 Å². The fourth-order valence-electron chi connectivity index (χ4n) is 3.15. The second-order valence-corrected chi connectivity index (χ2v) is 6.75. The molecule has 2 aromatic carbocycles. The Balaban J connectivity index is 1.38. The standard InChI is InChI=1S/C19H17ClFN3O2/c20-14-11-13(5-6-15(14)21)22-18(25)12-7-9-24(10-8-12)19-23-16-3-1-2-4-17(16)26-19/h1-6,11-12H,7-10H2,(H,22,25). The van der Waals surface area contributed by atoms with E-state index in [1.165, 1.54) is 18.2 Å². The third-order valence-electron chi connectivity index (χ3n) is 4.61. The van der Waals surface area contributed by atoms with Gasteiger partial charge in [0.05, 0.1) is 5.02 Å². The van der Waals surface area contributed by atoms with Crippen LogP contribution in [-0.4, -0.2) is 24.0 Å². The fourth-order valence-corrected chi connectivity index (χ4v) is 3.33. The van der Waals surface area contributed by atoms with Crippen molar-refractivity contribution < 1.29 is 13.6 Å². The van der Waals surface area contributed by atoms with Crippen LogP contribution in [0.5, 0.6) is 0 Å². The van der Waals surface area contributed by atoms with Crippen LogP contribution in [0.2, 0.25) is 5.02 Å². The number of amides is 1. The molecule has 0 saturated carbocycles. The highest BCUT2D eigenvalue weighted by atomic mass is 35.5. The van der Waals surface area contributed by atoms with Crippen LogP contribution in [0.3, 0.4) is 0 Å². The van der Waals surface area contributed by atoms with Crippen LogP contribution in [0.4, 0.5) is 16.1 Å². The first-order valence-electron chi connectivity index (χ1n) is 8.46. The third kappa shape index (κ3) is 3.37. The van der Waals surface area contributed by atoms with Gasteiger partial charge in [-0.15, -0.1) is 0 Å². The van der Waals surface area contributed by atoms with Crippen LogP contribution in [0.15, 0.2) is 46.9 Å². The van der Waals surface area contributed by atoms with E-state index < -0.39 is 5.82 Å². The summed E-state index contributed by atoms with van der Waals surface area (Å²) in [6.45, 7) is 1.38. The number of carbonyl (C=O) groups excluding carboxylic acids is 1. The number of nitrogens with one attached hydrogen (secondary N) is 1. The van der Waals surface area contributed by atoms with E-state index in [2.05, 4.69) is 15.2 Å². The number of anilines is 2. The molecule has 0 aliphatic carbocycles. The lowest BCUT2D eigenvalue weighted by Gasteiger charge is -2.30. The zero-order chi connectivity index (χ0) is 18.1. The van der Waals surface area contributed by atoms with Crippen molar-refractivity contribution in [3.63, 3.8) is 0 Å². The molecule has 1 aliphatic heterocycles. The molecule has 7 heteroatoms. The van der Waals surface area contributed by atoms with E-state index in [9.17, 15) is 9.18 Å². The Morgan fingerprint density at radius 2 is 2.00 bits per heavy atom. The normalized spacial score (nSPS) is 15.4. The van der Waals surface area contributed by atoms with E-state index in [0.29, 0.717) is 37.6 Å². The molecule has 1 aromatic heterocycles. The molecule has 134 valence electrons. The molecular formula is C19H17ClFN3O2. The molecule has 0 unspecified atom stereocenters. The summed E-state index contributed by atoms with van der Waals surface area (Å²) in [6, 6.07) is 12.4. The van der Waals surface area contributed by atoms with Crippen molar-refractivity contribution in [2.75, 3.05) is 23.3 Å².